The van der Waals surface area contributed by atoms with Crippen LogP contribution in [0.1, 0.15) is 47.1 Å². The van der Waals surface area contributed by atoms with E-state index in [1.807, 2.05) is 30.3 Å². The first kappa shape index (κ1) is 26.2. The molecule has 1 atom stereocenters. The molecule has 0 aromatic heterocycles. The highest BCUT2D eigenvalue weighted by Gasteiger charge is 2.30. The maximum absolute atomic E-state index is 12.9. The van der Waals surface area contributed by atoms with Crippen LogP contribution in [0.25, 0.3) is 10.8 Å². The van der Waals surface area contributed by atoms with Crippen molar-refractivity contribution >= 4 is 52.3 Å². The zero-order chi connectivity index (χ0) is 27.0. The summed E-state index contributed by atoms with van der Waals surface area (Å²) in [6.45, 7) is 10.4. The van der Waals surface area contributed by atoms with Crippen molar-refractivity contribution in [3.05, 3.63) is 60.2 Å². The molecule has 0 radical (unpaired) electrons. The Labute approximate surface area is 218 Å². The summed E-state index contributed by atoms with van der Waals surface area (Å²) in [5.74, 6) is -0.554. The van der Waals surface area contributed by atoms with E-state index in [0.717, 1.165) is 27.6 Å². The van der Waals surface area contributed by atoms with Gasteiger partial charge in [0.25, 0.3) is 0 Å². The third-order valence-electron chi connectivity index (χ3n) is 5.81. The molecule has 1 unspecified atom stereocenters. The second-order valence-electron chi connectivity index (χ2n) is 11.3. The first-order chi connectivity index (χ1) is 17.3. The van der Waals surface area contributed by atoms with Crippen molar-refractivity contribution in [3.63, 3.8) is 0 Å². The van der Waals surface area contributed by atoms with E-state index in [9.17, 15) is 9.59 Å². The lowest BCUT2D eigenvalue weighted by molar-refractivity contribution is -0.157. The molecule has 1 heterocycles. The fourth-order valence-corrected chi connectivity index (χ4v) is 4.31. The zero-order valence-corrected chi connectivity index (χ0v) is 22.3. The number of rotatable bonds is 5. The molecule has 0 saturated heterocycles. The number of nitrogens with two attached hydrogens (primary N) is 1. The molecule has 0 fully saturated rings. The predicted octanol–water partition coefficient (Wildman–Crippen LogP) is 4.43. The van der Waals surface area contributed by atoms with E-state index in [1.54, 1.807) is 41.5 Å². The van der Waals surface area contributed by atoms with Gasteiger partial charge < -0.3 is 31.0 Å². The van der Waals surface area contributed by atoms with Crippen molar-refractivity contribution in [2.75, 3.05) is 16.2 Å². The summed E-state index contributed by atoms with van der Waals surface area (Å²) in [5, 5.41) is 12.1. The number of anilines is 3. The van der Waals surface area contributed by atoms with Crippen molar-refractivity contribution < 1.29 is 19.1 Å². The van der Waals surface area contributed by atoms with Crippen LogP contribution in [-0.4, -0.2) is 36.3 Å². The third-order valence-corrected chi connectivity index (χ3v) is 5.81. The summed E-state index contributed by atoms with van der Waals surface area (Å²) in [6, 6.07) is 17.1. The van der Waals surface area contributed by atoms with Crippen molar-refractivity contribution in [2.45, 2.75) is 65.2 Å². The lowest BCUT2D eigenvalue weighted by Crippen LogP contribution is -2.48. The third kappa shape index (κ3) is 6.47. The second kappa shape index (κ2) is 9.88. The van der Waals surface area contributed by atoms with Gasteiger partial charge in [-0.25, -0.2) is 9.59 Å². The predicted molar refractivity (Wildman–Crippen MR) is 150 cm³/mol. The number of benzene rings is 3. The molecule has 1 amide bonds. The molecule has 8 nitrogen and oxygen atoms in total. The molecule has 1 aliphatic rings. The van der Waals surface area contributed by atoms with Gasteiger partial charge in [-0.2, -0.15) is 0 Å². The Balaban J connectivity index is 1.54. The summed E-state index contributed by atoms with van der Waals surface area (Å²) in [7, 11) is 0. The van der Waals surface area contributed by atoms with E-state index >= 15 is 0 Å². The number of nitrogen functional groups attached to an aromatic ring is 1. The molecular formula is C28H35BN4O4. The number of carbonyl (C=O) groups is 2. The number of esters is 1. The molecule has 0 aliphatic carbocycles. The summed E-state index contributed by atoms with van der Waals surface area (Å²) in [4.78, 5) is 25.4. The quantitative estimate of drug-likeness (QED) is 0.232. The van der Waals surface area contributed by atoms with Crippen LogP contribution in [0, 0.1) is 0 Å². The lowest BCUT2D eigenvalue weighted by atomic mass is 9.65. The zero-order valence-electron chi connectivity index (χ0n) is 22.3. The summed E-state index contributed by atoms with van der Waals surface area (Å²) in [6.07, 6.45) is -0.532. The van der Waals surface area contributed by atoms with Crippen molar-refractivity contribution in [3.8, 4) is 0 Å². The van der Waals surface area contributed by atoms with Gasteiger partial charge in [-0.1, -0.05) is 36.4 Å². The number of nitrogens with one attached hydrogen (secondary N) is 3. The molecule has 37 heavy (non-hydrogen) atoms. The van der Waals surface area contributed by atoms with Crippen LogP contribution in [0.4, 0.5) is 21.9 Å². The minimum Gasteiger partial charge on any atom is -0.458 e. The van der Waals surface area contributed by atoms with E-state index in [0.29, 0.717) is 11.3 Å². The summed E-state index contributed by atoms with van der Waals surface area (Å²) >= 11 is 0. The van der Waals surface area contributed by atoms with Gasteiger partial charge in [-0.3, -0.25) is 0 Å². The molecule has 9 heteroatoms. The number of ether oxygens (including phenoxy) is 2. The van der Waals surface area contributed by atoms with Gasteiger partial charge in [-0.05, 0) is 76.2 Å². The molecule has 3 aromatic carbocycles. The topological polar surface area (TPSA) is 115 Å². The van der Waals surface area contributed by atoms with Crippen LogP contribution < -0.4 is 27.0 Å². The number of alkyl carbamates (subject to hydrolysis) is 1. The fraction of sp³-hybridized carbons (Fsp3) is 0.357. The molecule has 1 aliphatic heterocycles. The Morgan fingerprint density at radius 3 is 2.05 bits per heavy atom. The summed E-state index contributed by atoms with van der Waals surface area (Å²) in [5.41, 5.74) is 9.31. The van der Waals surface area contributed by atoms with E-state index in [-0.39, 0.29) is 13.4 Å². The van der Waals surface area contributed by atoms with Gasteiger partial charge in [0.2, 0.25) is 0 Å². The van der Waals surface area contributed by atoms with Gasteiger partial charge in [0.1, 0.15) is 17.2 Å². The van der Waals surface area contributed by atoms with Crippen LogP contribution in [-0.2, 0) is 20.7 Å². The van der Waals surface area contributed by atoms with Crippen LogP contribution in [0.3, 0.4) is 0 Å². The van der Waals surface area contributed by atoms with Crippen LogP contribution in [0.2, 0.25) is 0 Å². The largest absolute Gasteiger partial charge is 0.458 e. The maximum Gasteiger partial charge on any atom is 0.408 e. The minimum absolute atomic E-state index is 0.161. The molecule has 194 valence electrons. The number of amides is 1. The SMILES string of the molecule is CC(C)(C)OC(=O)NC(Cc1ccc(B2Nc3cccc4cccc(c34)N2)cc1N)C(=O)OC(C)(C)C. The van der Waals surface area contributed by atoms with E-state index < -0.39 is 29.3 Å². The molecule has 5 N–H and O–H groups in total. The Hall–Kier alpha value is -3.88. The van der Waals surface area contributed by atoms with Gasteiger partial charge in [0.15, 0.2) is 0 Å². The molecule has 0 spiro atoms. The Morgan fingerprint density at radius 2 is 1.51 bits per heavy atom. The molecule has 4 rings (SSSR count). The van der Waals surface area contributed by atoms with Crippen LogP contribution in [0.15, 0.2) is 54.6 Å². The normalized spacial score (nSPS) is 13.8. The van der Waals surface area contributed by atoms with E-state index in [1.165, 1.54) is 0 Å². The Bertz CT molecular complexity index is 1290. The highest BCUT2D eigenvalue weighted by Crippen LogP contribution is 2.34. The highest BCUT2D eigenvalue weighted by molar-refractivity contribution is 6.80. The molecule has 0 bridgehead atoms. The fourth-order valence-electron chi connectivity index (χ4n) is 4.31. The Kier molecular flexibility index (Phi) is 6.99. The number of hydrogen-bond donors (Lipinski definition) is 4. The first-order valence-electron chi connectivity index (χ1n) is 12.4. The second-order valence-corrected chi connectivity index (χ2v) is 11.3. The van der Waals surface area contributed by atoms with Crippen molar-refractivity contribution in [1.29, 1.82) is 0 Å². The molecule has 0 saturated carbocycles. The number of hydrogen-bond acceptors (Lipinski definition) is 7. The first-order valence-corrected chi connectivity index (χ1v) is 12.4. The highest BCUT2D eigenvalue weighted by atomic mass is 16.6. The van der Waals surface area contributed by atoms with Gasteiger partial charge in [0.05, 0.1) is 0 Å². The van der Waals surface area contributed by atoms with Gasteiger partial charge >= 0.3 is 19.0 Å². The average Bonchev–Trinajstić information content (AvgIpc) is 2.77. The average molecular weight is 502 g/mol. The lowest BCUT2D eigenvalue weighted by Gasteiger charge is -2.28. The van der Waals surface area contributed by atoms with E-state index in [4.69, 9.17) is 15.2 Å². The maximum atomic E-state index is 12.9. The minimum atomic E-state index is -0.961. The standard InChI is InChI=1S/C28H35BN4O4/c1-27(2,3)36-25(34)23(31-26(35)37-28(4,5)6)15-18-13-14-19(16-20(18)30)29-32-21-11-7-9-17-10-8-12-22(33-29)24(17)21/h7-14,16,23,32-33H,15,30H2,1-6H3,(H,31,35). The van der Waals surface area contributed by atoms with Crippen molar-refractivity contribution in [2.24, 2.45) is 0 Å². The summed E-state index contributed by atoms with van der Waals surface area (Å²) < 4.78 is 10.9. The van der Waals surface area contributed by atoms with Crippen molar-refractivity contribution in [1.82, 2.24) is 5.32 Å². The van der Waals surface area contributed by atoms with Gasteiger partial charge in [-0.15, -0.1) is 0 Å². The smallest absolute Gasteiger partial charge is 0.408 e. The van der Waals surface area contributed by atoms with E-state index in [2.05, 4.69) is 40.0 Å². The van der Waals surface area contributed by atoms with Gasteiger partial charge in [0, 0.05) is 28.9 Å². The number of carbonyl (C=O) groups excluding carboxylic acids is 2. The van der Waals surface area contributed by atoms with Crippen LogP contribution >= 0.6 is 0 Å². The monoisotopic (exact) mass is 502 g/mol. The molecular weight excluding hydrogens is 467 g/mol. The van der Waals surface area contributed by atoms with Crippen LogP contribution in [0.5, 0.6) is 0 Å². The molecule has 3 aromatic rings. The Morgan fingerprint density at radius 1 is 0.919 bits per heavy atom.